The van der Waals surface area contributed by atoms with Crippen LogP contribution in [0.1, 0.15) is 30.1 Å². The first kappa shape index (κ1) is 14.8. The summed E-state index contributed by atoms with van der Waals surface area (Å²) in [5.41, 5.74) is 0.401. The molecule has 1 aliphatic heterocycles. The first-order valence-electron chi connectivity index (χ1n) is 6.48. The number of amides is 1. The maximum absolute atomic E-state index is 12.2. The molecule has 6 heteroatoms. The summed E-state index contributed by atoms with van der Waals surface area (Å²) in [4.78, 5) is 23.2. The highest BCUT2D eigenvalue weighted by molar-refractivity contribution is 6.33. The van der Waals surface area contributed by atoms with Crippen molar-refractivity contribution in [2.45, 2.75) is 25.9 Å². The van der Waals surface area contributed by atoms with Crippen LogP contribution >= 0.6 is 11.6 Å². The fourth-order valence-electron chi connectivity index (χ4n) is 2.35. The van der Waals surface area contributed by atoms with Crippen molar-refractivity contribution in [2.75, 3.05) is 11.9 Å². The van der Waals surface area contributed by atoms with Crippen LogP contribution in [-0.4, -0.2) is 29.7 Å². The molecule has 5 nitrogen and oxygen atoms in total. The summed E-state index contributed by atoms with van der Waals surface area (Å²) in [6.07, 6.45) is 1.39. The predicted molar refractivity (Wildman–Crippen MR) is 75.2 cm³/mol. The van der Waals surface area contributed by atoms with Gasteiger partial charge in [0.25, 0.3) is 0 Å². The largest absolute Gasteiger partial charge is 0.478 e. The van der Waals surface area contributed by atoms with E-state index in [0.717, 1.165) is 6.42 Å². The van der Waals surface area contributed by atoms with Gasteiger partial charge in [-0.05, 0) is 31.0 Å². The van der Waals surface area contributed by atoms with Gasteiger partial charge in [-0.3, -0.25) is 4.79 Å². The molecule has 2 unspecified atom stereocenters. The van der Waals surface area contributed by atoms with Crippen LogP contribution in [0.4, 0.5) is 5.69 Å². The number of benzene rings is 1. The lowest BCUT2D eigenvalue weighted by atomic mass is 9.98. The van der Waals surface area contributed by atoms with Crippen LogP contribution in [0, 0.1) is 5.92 Å². The normalized spacial score (nSPS) is 21.7. The number of nitrogens with one attached hydrogen (secondary N) is 1. The molecule has 1 heterocycles. The molecule has 1 aromatic rings. The van der Waals surface area contributed by atoms with E-state index < -0.39 is 5.97 Å². The maximum Gasteiger partial charge on any atom is 0.337 e. The Bertz CT molecular complexity index is 532. The number of hydrogen-bond donors (Lipinski definition) is 2. The Balaban J connectivity index is 2.12. The first-order valence-corrected chi connectivity index (χ1v) is 6.86. The number of hydrogen-bond acceptors (Lipinski definition) is 3. The fraction of sp³-hybridized carbons (Fsp3) is 0.429. The number of anilines is 1. The number of rotatable bonds is 4. The lowest BCUT2D eigenvalue weighted by Crippen LogP contribution is -2.29. The summed E-state index contributed by atoms with van der Waals surface area (Å²) in [5.74, 6) is -1.46. The number of aromatic carboxylic acids is 1. The highest BCUT2D eigenvalue weighted by Gasteiger charge is 2.32. The second-order valence-corrected chi connectivity index (χ2v) is 5.11. The zero-order valence-corrected chi connectivity index (χ0v) is 11.8. The molecule has 20 heavy (non-hydrogen) atoms. The van der Waals surface area contributed by atoms with Crippen LogP contribution in [0.2, 0.25) is 5.02 Å². The van der Waals surface area contributed by atoms with Gasteiger partial charge in [0, 0.05) is 12.3 Å². The highest BCUT2D eigenvalue weighted by Crippen LogP contribution is 2.26. The number of carbonyl (C=O) groups excluding carboxylic acids is 1. The van der Waals surface area contributed by atoms with Crippen LogP contribution in [-0.2, 0) is 9.53 Å². The Morgan fingerprint density at radius 2 is 2.25 bits per heavy atom. The molecule has 1 aliphatic rings. The quantitative estimate of drug-likeness (QED) is 0.896. The van der Waals surface area contributed by atoms with E-state index in [1.54, 1.807) is 6.07 Å². The van der Waals surface area contributed by atoms with E-state index in [1.165, 1.54) is 12.1 Å². The Labute approximate surface area is 121 Å². The molecule has 108 valence electrons. The standard InChI is InChI=1S/C14H16ClNO4/c1-2-12-9(5-6-20-12)13(17)16-8-3-4-11(15)10(7-8)14(18)19/h3-4,7,9,12H,2,5-6H2,1H3,(H,16,17)(H,18,19). The molecule has 1 aromatic carbocycles. The van der Waals surface area contributed by atoms with Crippen LogP contribution in [0.15, 0.2) is 18.2 Å². The van der Waals surface area contributed by atoms with Crippen molar-refractivity contribution >= 4 is 29.2 Å². The maximum atomic E-state index is 12.2. The van der Waals surface area contributed by atoms with Crippen LogP contribution in [0.3, 0.4) is 0 Å². The number of halogens is 1. The smallest absolute Gasteiger partial charge is 0.337 e. The van der Waals surface area contributed by atoms with Crippen LogP contribution in [0.5, 0.6) is 0 Å². The van der Waals surface area contributed by atoms with Gasteiger partial charge in [-0.15, -0.1) is 0 Å². The minimum Gasteiger partial charge on any atom is -0.478 e. The highest BCUT2D eigenvalue weighted by atomic mass is 35.5. The van der Waals surface area contributed by atoms with E-state index in [2.05, 4.69) is 5.32 Å². The van der Waals surface area contributed by atoms with Crippen molar-refractivity contribution in [1.29, 1.82) is 0 Å². The Kier molecular flexibility index (Phi) is 4.62. The van der Waals surface area contributed by atoms with E-state index in [9.17, 15) is 9.59 Å². The Morgan fingerprint density at radius 1 is 1.50 bits per heavy atom. The molecule has 1 amide bonds. The Hall–Kier alpha value is -1.59. The van der Waals surface area contributed by atoms with Gasteiger partial charge in [-0.25, -0.2) is 4.79 Å². The molecule has 0 radical (unpaired) electrons. The van der Waals surface area contributed by atoms with Gasteiger partial charge >= 0.3 is 5.97 Å². The lowest BCUT2D eigenvalue weighted by Gasteiger charge is -2.16. The molecular weight excluding hydrogens is 282 g/mol. The van der Waals surface area contributed by atoms with E-state index in [-0.39, 0.29) is 28.5 Å². The summed E-state index contributed by atoms with van der Waals surface area (Å²) >= 11 is 5.79. The van der Waals surface area contributed by atoms with Crippen molar-refractivity contribution < 1.29 is 19.4 Å². The SMILES string of the molecule is CCC1OCCC1C(=O)Nc1ccc(Cl)c(C(=O)O)c1. The minimum atomic E-state index is -1.12. The van der Waals surface area contributed by atoms with Crippen molar-refractivity contribution in [1.82, 2.24) is 0 Å². The average molecular weight is 298 g/mol. The number of carboxylic acids is 1. The summed E-state index contributed by atoms with van der Waals surface area (Å²) in [7, 11) is 0. The predicted octanol–water partition coefficient (Wildman–Crippen LogP) is 2.79. The van der Waals surface area contributed by atoms with Crippen LogP contribution < -0.4 is 5.32 Å². The van der Waals surface area contributed by atoms with Gasteiger partial charge in [0.15, 0.2) is 0 Å². The van der Waals surface area contributed by atoms with Gasteiger partial charge in [-0.1, -0.05) is 18.5 Å². The molecule has 1 fully saturated rings. The fourth-order valence-corrected chi connectivity index (χ4v) is 2.55. The number of carbonyl (C=O) groups is 2. The first-order chi connectivity index (χ1) is 9.52. The minimum absolute atomic E-state index is 0.0285. The molecule has 0 bridgehead atoms. The monoisotopic (exact) mass is 297 g/mol. The molecular formula is C14H16ClNO4. The van der Waals surface area contributed by atoms with Gasteiger partial charge in [0.1, 0.15) is 0 Å². The second-order valence-electron chi connectivity index (χ2n) is 4.70. The number of ether oxygens (including phenoxy) is 1. The van der Waals surface area contributed by atoms with E-state index >= 15 is 0 Å². The summed E-state index contributed by atoms with van der Waals surface area (Å²) in [6.45, 7) is 2.55. The van der Waals surface area contributed by atoms with Gasteiger partial charge in [0.05, 0.1) is 22.6 Å². The van der Waals surface area contributed by atoms with E-state index in [1.807, 2.05) is 6.92 Å². The molecule has 0 aromatic heterocycles. The molecule has 2 N–H and O–H groups in total. The van der Waals surface area contributed by atoms with E-state index in [4.69, 9.17) is 21.4 Å². The van der Waals surface area contributed by atoms with Gasteiger partial charge < -0.3 is 15.2 Å². The van der Waals surface area contributed by atoms with Crippen LogP contribution in [0.25, 0.3) is 0 Å². The third-order valence-corrected chi connectivity index (χ3v) is 3.74. The average Bonchev–Trinajstić information content (AvgIpc) is 2.89. The summed E-state index contributed by atoms with van der Waals surface area (Å²) < 4.78 is 5.48. The summed E-state index contributed by atoms with van der Waals surface area (Å²) in [5, 5.41) is 11.9. The van der Waals surface area contributed by atoms with Gasteiger partial charge in [0.2, 0.25) is 5.91 Å². The molecule has 0 spiro atoms. The molecule has 0 aliphatic carbocycles. The topological polar surface area (TPSA) is 75.6 Å². The Morgan fingerprint density at radius 3 is 2.90 bits per heavy atom. The molecule has 0 saturated carbocycles. The molecule has 2 rings (SSSR count). The van der Waals surface area contributed by atoms with Gasteiger partial charge in [-0.2, -0.15) is 0 Å². The zero-order valence-electron chi connectivity index (χ0n) is 11.1. The molecule has 1 saturated heterocycles. The lowest BCUT2D eigenvalue weighted by molar-refractivity contribution is -0.121. The third-order valence-electron chi connectivity index (χ3n) is 3.41. The van der Waals surface area contributed by atoms with Crippen molar-refractivity contribution in [3.8, 4) is 0 Å². The zero-order chi connectivity index (χ0) is 14.7. The third kappa shape index (κ3) is 3.11. The number of carboxylic acid groups (broad SMARTS) is 1. The summed E-state index contributed by atoms with van der Waals surface area (Å²) in [6, 6.07) is 4.41. The molecule has 2 atom stereocenters. The van der Waals surface area contributed by atoms with E-state index in [0.29, 0.717) is 18.7 Å². The van der Waals surface area contributed by atoms with Crippen molar-refractivity contribution in [3.63, 3.8) is 0 Å². The van der Waals surface area contributed by atoms with Crippen molar-refractivity contribution in [2.24, 2.45) is 5.92 Å². The van der Waals surface area contributed by atoms with Crippen molar-refractivity contribution in [3.05, 3.63) is 28.8 Å². The second kappa shape index (κ2) is 6.24.